The molecule has 0 fully saturated rings. The van der Waals surface area contributed by atoms with Crippen LogP contribution in [0.1, 0.15) is 18.5 Å². The van der Waals surface area contributed by atoms with Crippen molar-refractivity contribution >= 4 is 23.2 Å². The molecule has 14 heavy (non-hydrogen) atoms. The molecule has 0 aliphatic rings. The maximum Gasteiger partial charge on any atom is 0.129 e. The molecule has 0 spiro atoms. The van der Waals surface area contributed by atoms with Gasteiger partial charge in [0.1, 0.15) is 5.15 Å². The number of hydrogen-bond acceptors (Lipinski definition) is 2. The smallest absolute Gasteiger partial charge is 0.129 e. The van der Waals surface area contributed by atoms with Gasteiger partial charge in [0.15, 0.2) is 0 Å². The van der Waals surface area contributed by atoms with Gasteiger partial charge in [0, 0.05) is 23.8 Å². The normalized spacial score (nSPS) is 12.5. The van der Waals surface area contributed by atoms with Gasteiger partial charge >= 0.3 is 0 Å². The second-order valence-corrected chi connectivity index (χ2v) is 3.95. The van der Waals surface area contributed by atoms with Crippen LogP contribution in [0.5, 0.6) is 0 Å². The molecule has 1 rings (SSSR count). The number of halogens is 2. The molecule has 0 saturated heterocycles. The first-order valence-electron chi connectivity index (χ1n) is 4.27. The van der Waals surface area contributed by atoms with E-state index in [2.05, 4.69) is 16.9 Å². The van der Waals surface area contributed by atoms with Gasteiger partial charge in [-0.2, -0.15) is 0 Å². The van der Waals surface area contributed by atoms with Gasteiger partial charge in [0.25, 0.3) is 0 Å². The van der Waals surface area contributed by atoms with Gasteiger partial charge in [-0.25, -0.2) is 4.98 Å². The molecule has 4 heteroatoms. The van der Waals surface area contributed by atoms with Crippen molar-refractivity contribution in [2.45, 2.75) is 13.0 Å². The molecule has 0 aliphatic heterocycles. The summed E-state index contributed by atoms with van der Waals surface area (Å²) >= 11 is 11.4. The fourth-order valence-electron chi connectivity index (χ4n) is 1.07. The van der Waals surface area contributed by atoms with Crippen molar-refractivity contribution < 1.29 is 0 Å². The molecule has 1 N–H and O–H groups in total. The Labute approximate surface area is 93.9 Å². The fourth-order valence-corrected chi connectivity index (χ4v) is 1.33. The average molecular weight is 231 g/mol. The highest BCUT2D eigenvalue weighted by Gasteiger charge is 2.04. The van der Waals surface area contributed by atoms with Gasteiger partial charge in [0.05, 0.1) is 0 Å². The Balaban J connectivity index is 2.60. The van der Waals surface area contributed by atoms with Crippen LogP contribution in [0.4, 0.5) is 0 Å². The van der Waals surface area contributed by atoms with Gasteiger partial charge in [-0.3, -0.25) is 0 Å². The second kappa shape index (κ2) is 5.35. The third-order valence-corrected chi connectivity index (χ3v) is 2.19. The topological polar surface area (TPSA) is 24.9 Å². The largest absolute Gasteiger partial charge is 0.305 e. The van der Waals surface area contributed by atoms with E-state index in [1.807, 2.05) is 19.1 Å². The Hall–Kier alpha value is -0.570. The quantitative estimate of drug-likeness (QED) is 0.805. The Kier molecular flexibility index (Phi) is 4.39. The lowest BCUT2D eigenvalue weighted by Gasteiger charge is -2.13. The van der Waals surface area contributed by atoms with Crippen molar-refractivity contribution in [3.8, 4) is 0 Å². The minimum atomic E-state index is 0.186. The Morgan fingerprint density at radius 3 is 3.00 bits per heavy atom. The Bertz CT molecular complexity index is 326. The third-order valence-electron chi connectivity index (χ3n) is 1.85. The van der Waals surface area contributed by atoms with Gasteiger partial charge in [-0.15, -0.1) is 0 Å². The second-order valence-electron chi connectivity index (χ2n) is 3.03. The molecule has 1 unspecified atom stereocenters. The summed E-state index contributed by atoms with van der Waals surface area (Å²) in [7, 11) is 0. The first-order valence-corrected chi connectivity index (χ1v) is 5.03. The monoisotopic (exact) mass is 230 g/mol. The van der Waals surface area contributed by atoms with E-state index >= 15 is 0 Å². The third kappa shape index (κ3) is 3.66. The molecule has 0 amide bonds. The van der Waals surface area contributed by atoms with Gasteiger partial charge in [0.2, 0.25) is 0 Å². The molecule has 1 aromatic rings. The van der Waals surface area contributed by atoms with E-state index in [1.54, 1.807) is 6.20 Å². The van der Waals surface area contributed by atoms with E-state index in [-0.39, 0.29) is 6.04 Å². The van der Waals surface area contributed by atoms with Crippen LogP contribution in [-0.4, -0.2) is 11.5 Å². The van der Waals surface area contributed by atoms with E-state index in [4.69, 9.17) is 23.2 Å². The Morgan fingerprint density at radius 1 is 1.71 bits per heavy atom. The molecule has 0 aliphatic carbocycles. The maximum absolute atomic E-state index is 5.77. The maximum atomic E-state index is 5.77. The van der Waals surface area contributed by atoms with Crippen molar-refractivity contribution in [2.24, 2.45) is 0 Å². The van der Waals surface area contributed by atoms with Crippen molar-refractivity contribution in [3.05, 3.63) is 40.7 Å². The van der Waals surface area contributed by atoms with Crippen LogP contribution < -0.4 is 5.32 Å². The number of rotatable bonds is 4. The van der Waals surface area contributed by atoms with Crippen molar-refractivity contribution in [1.82, 2.24) is 10.3 Å². The highest BCUT2D eigenvalue weighted by molar-refractivity contribution is 6.29. The summed E-state index contributed by atoms with van der Waals surface area (Å²) < 4.78 is 0. The van der Waals surface area contributed by atoms with Crippen molar-refractivity contribution in [2.75, 3.05) is 6.54 Å². The number of pyridine rings is 1. The molecule has 2 nitrogen and oxygen atoms in total. The number of hydrogen-bond donors (Lipinski definition) is 1. The zero-order valence-electron chi connectivity index (χ0n) is 7.93. The molecule has 1 heterocycles. The molecular weight excluding hydrogens is 219 g/mol. The first kappa shape index (κ1) is 11.5. The highest BCUT2D eigenvalue weighted by Crippen LogP contribution is 2.15. The predicted octanol–water partition coefficient (Wildman–Crippen LogP) is 3.14. The summed E-state index contributed by atoms with van der Waals surface area (Å²) in [6, 6.07) is 3.93. The van der Waals surface area contributed by atoms with Gasteiger partial charge < -0.3 is 5.32 Å². The van der Waals surface area contributed by atoms with Crippen LogP contribution in [0.15, 0.2) is 29.9 Å². The lowest BCUT2D eigenvalue weighted by atomic mass is 10.1. The number of aromatic nitrogens is 1. The van der Waals surface area contributed by atoms with Crippen molar-refractivity contribution in [1.29, 1.82) is 0 Å². The standard InChI is InChI=1S/C10H12Cl2N2/c1-7(11)6-14-8(2)9-3-4-13-10(12)5-9/h3-5,8,14H,1,6H2,2H3. The summed E-state index contributed by atoms with van der Waals surface area (Å²) in [6.07, 6.45) is 1.69. The molecule has 76 valence electrons. The first-order chi connectivity index (χ1) is 6.59. The van der Waals surface area contributed by atoms with Crippen LogP contribution in [-0.2, 0) is 0 Å². The molecule has 0 bridgehead atoms. The summed E-state index contributed by atoms with van der Waals surface area (Å²) in [6.45, 7) is 6.22. The van der Waals surface area contributed by atoms with E-state index < -0.39 is 0 Å². The lowest BCUT2D eigenvalue weighted by molar-refractivity contribution is 0.614. The summed E-state index contributed by atoms with van der Waals surface area (Å²) in [5.74, 6) is 0. The van der Waals surface area contributed by atoms with Crippen molar-refractivity contribution in [3.63, 3.8) is 0 Å². The minimum Gasteiger partial charge on any atom is -0.305 e. The van der Waals surface area contributed by atoms with Crippen LogP contribution in [0, 0.1) is 0 Å². The van der Waals surface area contributed by atoms with Gasteiger partial charge in [-0.1, -0.05) is 29.8 Å². The van der Waals surface area contributed by atoms with Crippen LogP contribution in [0.25, 0.3) is 0 Å². The number of nitrogens with zero attached hydrogens (tertiary/aromatic N) is 1. The fraction of sp³-hybridized carbons (Fsp3) is 0.300. The SMILES string of the molecule is C=C(Cl)CNC(C)c1ccnc(Cl)c1. The summed E-state index contributed by atoms with van der Waals surface area (Å²) in [5, 5.41) is 4.30. The summed E-state index contributed by atoms with van der Waals surface area (Å²) in [5.41, 5.74) is 1.09. The summed E-state index contributed by atoms with van der Waals surface area (Å²) in [4.78, 5) is 3.91. The zero-order chi connectivity index (χ0) is 10.6. The molecule has 0 saturated carbocycles. The molecule has 1 atom stereocenters. The van der Waals surface area contributed by atoms with Crippen LogP contribution >= 0.6 is 23.2 Å². The highest BCUT2D eigenvalue weighted by atomic mass is 35.5. The molecule has 0 aromatic carbocycles. The average Bonchev–Trinajstić information content (AvgIpc) is 2.14. The minimum absolute atomic E-state index is 0.186. The lowest BCUT2D eigenvalue weighted by Crippen LogP contribution is -2.19. The molecular formula is C10H12Cl2N2. The zero-order valence-corrected chi connectivity index (χ0v) is 9.44. The number of nitrogens with one attached hydrogen (secondary N) is 1. The van der Waals surface area contributed by atoms with E-state index in [0.717, 1.165) is 5.56 Å². The molecule has 1 aromatic heterocycles. The van der Waals surface area contributed by atoms with E-state index in [1.165, 1.54) is 0 Å². The van der Waals surface area contributed by atoms with E-state index in [9.17, 15) is 0 Å². The Morgan fingerprint density at radius 2 is 2.43 bits per heavy atom. The molecule has 0 radical (unpaired) electrons. The van der Waals surface area contributed by atoms with E-state index in [0.29, 0.717) is 16.7 Å². The van der Waals surface area contributed by atoms with Crippen LogP contribution in [0.2, 0.25) is 5.15 Å². The van der Waals surface area contributed by atoms with Gasteiger partial charge in [-0.05, 0) is 24.6 Å². The predicted molar refractivity (Wildman–Crippen MR) is 60.7 cm³/mol. The van der Waals surface area contributed by atoms with Crippen LogP contribution in [0.3, 0.4) is 0 Å².